The third-order valence-corrected chi connectivity index (χ3v) is 6.17. The lowest BCUT2D eigenvalue weighted by Crippen LogP contribution is -2.50. The average Bonchev–Trinajstić information content (AvgIpc) is 3.45. The van der Waals surface area contributed by atoms with Crippen molar-refractivity contribution in [1.29, 1.82) is 0 Å². The van der Waals surface area contributed by atoms with Crippen LogP contribution >= 0.6 is 22.9 Å². The highest BCUT2D eigenvalue weighted by molar-refractivity contribution is 7.13. The van der Waals surface area contributed by atoms with Gasteiger partial charge in [-0.15, -0.1) is 11.3 Å². The molecule has 1 aliphatic rings. The molecule has 30 heavy (non-hydrogen) atoms. The van der Waals surface area contributed by atoms with Crippen LogP contribution in [0.4, 0.5) is 0 Å². The number of carbonyl (C=O) groups excluding carboxylic acids is 1. The predicted octanol–water partition coefficient (Wildman–Crippen LogP) is 3.61. The second-order valence-corrected chi connectivity index (χ2v) is 8.39. The molecule has 0 bridgehead atoms. The zero-order valence-corrected chi connectivity index (χ0v) is 18.1. The number of hydrogen-bond donors (Lipinski definition) is 0. The lowest BCUT2D eigenvalue weighted by atomic mass is 10.2. The van der Waals surface area contributed by atoms with E-state index < -0.39 is 0 Å². The number of aromatic nitrogens is 2. The van der Waals surface area contributed by atoms with Gasteiger partial charge in [0.25, 0.3) is 5.91 Å². The second kappa shape index (κ2) is 10.1. The molecular weight excluding hydrogens is 424 g/mol. The summed E-state index contributed by atoms with van der Waals surface area (Å²) in [6.07, 6.45) is 1.69. The number of ether oxygens (including phenoxy) is 1. The van der Waals surface area contributed by atoms with Crippen molar-refractivity contribution in [3.05, 3.63) is 52.7 Å². The molecule has 0 atom stereocenters. The largest absolute Gasteiger partial charge is 0.482 e. The van der Waals surface area contributed by atoms with E-state index in [2.05, 4.69) is 15.0 Å². The Hall–Kier alpha value is -2.42. The third-order valence-electron chi connectivity index (χ3n) is 4.99. The topological polar surface area (TPSA) is 71.7 Å². The normalized spacial score (nSPS) is 14.8. The Morgan fingerprint density at radius 3 is 2.77 bits per heavy atom. The van der Waals surface area contributed by atoms with Crippen LogP contribution in [0.5, 0.6) is 5.75 Å². The SMILES string of the molecule is O=C(COc1ccccc1Cl)N1CCN(CCCc2nc(-c3cccs3)no2)CC1. The number of carbonyl (C=O) groups is 1. The lowest BCUT2D eigenvalue weighted by Gasteiger charge is -2.34. The van der Waals surface area contributed by atoms with Crippen LogP contribution in [0.2, 0.25) is 5.02 Å². The smallest absolute Gasteiger partial charge is 0.260 e. The highest BCUT2D eigenvalue weighted by Gasteiger charge is 2.21. The van der Waals surface area contributed by atoms with E-state index >= 15 is 0 Å². The number of nitrogens with zero attached hydrogens (tertiary/aromatic N) is 4. The highest BCUT2D eigenvalue weighted by atomic mass is 35.5. The molecule has 1 fully saturated rings. The summed E-state index contributed by atoms with van der Waals surface area (Å²) in [5.74, 6) is 1.85. The van der Waals surface area contributed by atoms with E-state index in [1.807, 2.05) is 34.5 Å². The first-order valence-corrected chi connectivity index (χ1v) is 11.2. The van der Waals surface area contributed by atoms with Crippen LogP contribution in [0.1, 0.15) is 12.3 Å². The van der Waals surface area contributed by atoms with Crippen LogP contribution in [0.15, 0.2) is 46.3 Å². The molecule has 9 heteroatoms. The molecule has 0 saturated carbocycles. The first kappa shape index (κ1) is 20.8. The lowest BCUT2D eigenvalue weighted by molar-refractivity contribution is -0.135. The number of piperazine rings is 1. The zero-order valence-electron chi connectivity index (χ0n) is 16.5. The van der Waals surface area contributed by atoms with E-state index in [9.17, 15) is 4.79 Å². The molecule has 0 spiro atoms. The van der Waals surface area contributed by atoms with Gasteiger partial charge in [-0.05, 0) is 36.5 Å². The van der Waals surface area contributed by atoms with Crippen LogP contribution < -0.4 is 4.74 Å². The third kappa shape index (κ3) is 5.38. The van der Waals surface area contributed by atoms with E-state index in [0.717, 1.165) is 37.4 Å². The van der Waals surface area contributed by atoms with Gasteiger partial charge < -0.3 is 14.2 Å². The van der Waals surface area contributed by atoms with Crippen LogP contribution in [0, 0.1) is 0 Å². The van der Waals surface area contributed by atoms with Gasteiger partial charge >= 0.3 is 0 Å². The van der Waals surface area contributed by atoms with Crippen molar-refractivity contribution >= 4 is 28.8 Å². The number of halogens is 1. The number of rotatable bonds is 8. The summed E-state index contributed by atoms with van der Waals surface area (Å²) in [4.78, 5) is 22.1. The molecular formula is C21H23ClN4O3S. The Labute approximate surface area is 184 Å². The maximum Gasteiger partial charge on any atom is 0.260 e. The molecule has 0 radical (unpaired) electrons. The standard InChI is InChI=1S/C21H23ClN4O3S/c22-16-5-1-2-6-17(16)28-15-20(27)26-12-10-25(11-13-26)9-3-8-19-23-21(24-29-19)18-7-4-14-30-18/h1-2,4-7,14H,3,8-13,15H2. The van der Waals surface area contributed by atoms with E-state index in [4.69, 9.17) is 20.9 Å². The van der Waals surface area contributed by atoms with Gasteiger partial charge in [-0.3, -0.25) is 9.69 Å². The fourth-order valence-electron chi connectivity index (χ4n) is 3.33. The Bertz CT molecular complexity index is 955. The highest BCUT2D eigenvalue weighted by Crippen LogP contribution is 2.23. The Morgan fingerprint density at radius 1 is 1.17 bits per heavy atom. The van der Waals surface area contributed by atoms with Crippen molar-refractivity contribution in [2.45, 2.75) is 12.8 Å². The van der Waals surface area contributed by atoms with E-state index in [-0.39, 0.29) is 12.5 Å². The Balaban J connectivity index is 1.15. The molecule has 0 unspecified atom stereocenters. The van der Waals surface area contributed by atoms with Gasteiger partial charge in [0, 0.05) is 32.6 Å². The summed E-state index contributed by atoms with van der Waals surface area (Å²) < 4.78 is 10.9. The van der Waals surface area contributed by atoms with Crippen LogP contribution in [0.3, 0.4) is 0 Å². The predicted molar refractivity (Wildman–Crippen MR) is 116 cm³/mol. The molecule has 3 aromatic rings. The minimum atomic E-state index is -0.0125. The zero-order chi connectivity index (χ0) is 20.8. The molecule has 1 aromatic carbocycles. The summed E-state index contributed by atoms with van der Waals surface area (Å²) in [5.41, 5.74) is 0. The fourth-order valence-corrected chi connectivity index (χ4v) is 4.17. The fraction of sp³-hybridized carbons (Fsp3) is 0.381. The van der Waals surface area contributed by atoms with Crippen molar-refractivity contribution in [3.8, 4) is 16.5 Å². The molecule has 3 heterocycles. The van der Waals surface area contributed by atoms with Gasteiger partial charge in [0.1, 0.15) is 5.75 Å². The molecule has 158 valence electrons. The average molecular weight is 447 g/mol. The van der Waals surface area contributed by atoms with Gasteiger partial charge in [-0.2, -0.15) is 4.98 Å². The molecule has 4 rings (SSSR count). The van der Waals surface area contributed by atoms with Crippen molar-refractivity contribution in [1.82, 2.24) is 19.9 Å². The number of para-hydroxylation sites is 1. The number of aryl methyl sites for hydroxylation is 1. The first-order chi connectivity index (χ1) is 14.7. The van der Waals surface area contributed by atoms with Crippen molar-refractivity contribution in [3.63, 3.8) is 0 Å². The molecule has 1 amide bonds. The minimum absolute atomic E-state index is 0.00741. The van der Waals surface area contributed by atoms with E-state index in [1.165, 1.54) is 0 Å². The van der Waals surface area contributed by atoms with Gasteiger partial charge in [0.15, 0.2) is 6.61 Å². The molecule has 0 N–H and O–H groups in total. The number of thiophene rings is 1. The van der Waals surface area contributed by atoms with Gasteiger partial charge in [0.2, 0.25) is 11.7 Å². The van der Waals surface area contributed by atoms with Crippen LogP contribution in [-0.2, 0) is 11.2 Å². The number of hydrogen-bond acceptors (Lipinski definition) is 7. The van der Waals surface area contributed by atoms with Crippen molar-refractivity contribution in [2.75, 3.05) is 39.3 Å². The monoisotopic (exact) mass is 446 g/mol. The molecule has 7 nitrogen and oxygen atoms in total. The number of amides is 1. The molecule has 2 aromatic heterocycles. The summed E-state index contributed by atoms with van der Waals surface area (Å²) in [5, 5.41) is 6.56. The summed E-state index contributed by atoms with van der Waals surface area (Å²) in [6.45, 7) is 4.05. The quantitative estimate of drug-likeness (QED) is 0.526. The van der Waals surface area contributed by atoms with Crippen molar-refractivity contribution in [2.24, 2.45) is 0 Å². The van der Waals surface area contributed by atoms with Crippen LogP contribution in [0.25, 0.3) is 10.7 Å². The molecule has 0 aliphatic carbocycles. The summed E-state index contributed by atoms with van der Waals surface area (Å²) in [7, 11) is 0. The minimum Gasteiger partial charge on any atom is -0.482 e. The summed E-state index contributed by atoms with van der Waals surface area (Å²) >= 11 is 7.66. The van der Waals surface area contributed by atoms with Gasteiger partial charge in [0.05, 0.1) is 9.90 Å². The maximum absolute atomic E-state index is 12.4. The van der Waals surface area contributed by atoms with Gasteiger partial charge in [-0.1, -0.05) is 35.0 Å². The van der Waals surface area contributed by atoms with Crippen molar-refractivity contribution < 1.29 is 14.1 Å². The van der Waals surface area contributed by atoms with E-state index in [1.54, 1.807) is 23.5 Å². The summed E-state index contributed by atoms with van der Waals surface area (Å²) in [6, 6.07) is 11.1. The Morgan fingerprint density at radius 2 is 2.00 bits per heavy atom. The number of benzene rings is 1. The van der Waals surface area contributed by atoms with Gasteiger partial charge in [-0.25, -0.2) is 0 Å². The molecule has 1 saturated heterocycles. The first-order valence-electron chi connectivity index (χ1n) is 9.93. The maximum atomic E-state index is 12.4. The second-order valence-electron chi connectivity index (χ2n) is 7.03. The Kier molecular flexibility index (Phi) is 6.99. The van der Waals surface area contributed by atoms with E-state index in [0.29, 0.717) is 35.6 Å². The van der Waals surface area contributed by atoms with Crippen LogP contribution in [-0.4, -0.2) is 65.2 Å². The molecule has 1 aliphatic heterocycles.